The van der Waals surface area contributed by atoms with E-state index < -0.39 is 0 Å². The first-order chi connectivity index (χ1) is 6.20. The molecule has 0 radical (unpaired) electrons. The maximum absolute atomic E-state index is 8.91. The lowest BCUT2D eigenvalue weighted by atomic mass is 9.80. The predicted molar refractivity (Wildman–Crippen MR) is 55.3 cm³/mol. The summed E-state index contributed by atoms with van der Waals surface area (Å²) in [6.45, 7) is 9.77. The fraction of sp³-hybridized carbons (Fsp3) is 0.818. The van der Waals surface area contributed by atoms with Crippen LogP contribution in [-0.2, 0) is 0 Å². The van der Waals surface area contributed by atoms with E-state index in [2.05, 4.69) is 25.3 Å². The summed E-state index contributed by atoms with van der Waals surface area (Å²) in [4.78, 5) is 2.30. The van der Waals surface area contributed by atoms with E-state index in [0.29, 0.717) is 24.5 Å². The molecule has 76 valence electrons. The van der Waals surface area contributed by atoms with Gasteiger partial charge in [-0.1, -0.05) is 13.5 Å². The fourth-order valence-electron chi connectivity index (χ4n) is 2.31. The van der Waals surface area contributed by atoms with Gasteiger partial charge in [0, 0.05) is 19.2 Å². The topological polar surface area (TPSA) is 23.5 Å². The minimum Gasteiger partial charge on any atom is -0.396 e. The normalized spacial score (nSPS) is 34.7. The van der Waals surface area contributed by atoms with Crippen molar-refractivity contribution < 1.29 is 5.11 Å². The largest absolute Gasteiger partial charge is 0.396 e. The van der Waals surface area contributed by atoms with Crippen molar-refractivity contribution in [3.8, 4) is 0 Å². The van der Waals surface area contributed by atoms with E-state index in [-0.39, 0.29) is 0 Å². The Bertz CT molecular complexity index is 169. The lowest BCUT2D eigenvalue weighted by Gasteiger charge is -2.42. The second-order valence-electron chi connectivity index (χ2n) is 4.08. The highest BCUT2D eigenvalue weighted by Gasteiger charge is 2.29. The van der Waals surface area contributed by atoms with Gasteiger partial charge in [0.05, 0.1) is 0 Å². The van der Waals surface area contributed by atoms with E-state index in [1.165, 1.54) is 6.42 Å². The number of likely N-dealkylation sites (tertiary alicyclic amines) is 1. The first-order valence-electron chi connectivity index (χ1n) is 5.19. The van der Waals surface area contributed by atoms with Crippen molar-refractivity contribution in [2.45, 2.75) is 32.7 Å². The van der Waals surface area contributed by atoms with Crippen molar-refractivity contribution in [2.75, 3.05) is 13.2 Å². The molecular formula is C11H21NO. The fourth-order valence-corrected chi connectivity index (χ4v) is 2.31. The zero-order valence-corrected chi connectivity index (χ0v) is 8.74. The molecule has 0 spiro atoms. The standard InChI is InChI=1S/C11H21NO/c1-4-12-7-5-11(6-8-13)9(2)10(12)3/h4,9-11,13H,1,5-8H2,2-3H3. The summed E-state index contributed by atoms with van der Waals surface area (Å²) in [5.74, 6) is 1.36. The zero-order chi connectivity index (χ0) is 9.84. The Labute approximate surface area is 81.2 Å². The second-order valence-corrected chi connectivity index (χ2v) is 4.08. The van der Waals surface area contributed by atoms with Crippen LogP contribution in [0.4, 0.5) is 0 Å². The second kappa shape index (κ2) is 4.66. The van der Waals surface area contributed by atoms with Gasteiger partial charge in [-0.15, -0.1) is 0 Å². The van der Waals surface area contributed by atoms with Crippen LogP contribution in [0.5, 0.6) is 0 Å². The highest BCUT2D eigenvalue weighted by atomic mass is 16.3. The molecule has 2 nitrogen and oxygen atoms in total. The third-order valence-electron chi connectivity index (χ3n) is 3.52. The third kappa shape index (κ3) is 2.25. The lowest BCUT2D eigenvalue weighted by Crippen LogP contribution is -2.43. The summed E-state index contributed by atoms with van der Waals surface area (Å²) < 4.78 is 0. The molecule has 1 saturated heterocycles. The molecule has 1 fully saturated rings. The first kappa shape index (κ1) is 10.6. The van der Waals surface area contributed by atoms with E-state index in [0.717, 1.165) is 13.0 Å². The summed E-state index contributed by atoms with van der Waals surface area (Å²) in [7, 11) is 0. The van der Waals surface area contributed by atoms with Crippen LogP contribution in [0.15, 0.2) is 12.8 Å². The molecule has 1 aliphatic heterocycles. The van der Waals surface area contributed by atoms with Crippen LogP contribution >= 0.6 is 0 Å². The Balaban J connectivity index is 2.53. The van der Waals surface area contributed by atoms with Gasteiger partial charge in [0.1, 0.15) is 0 Å². The number of hydrogen-bond donors (Lipinski definition) is 1. The van der Waals surface area contributed by atoms with Crippen LogP contribution in [0.2, 0.25) is 0 Å². The molecule has 0 aromatic rings. The van der Waals surface area contributed by atoms with Gasteiger partial charge in [-0.25, -0.2) is 0 Å². The first-order valence-corrected chi connectivity index (χ1v) is 5.19. The average Bonchev–Trinajstić information content (AvgIpc) is 2.14. The number of rotatable bonds is 3. The molecule has 0 amide bonds. The molecule has 13 heavy (non-hydrogen) atoms. The molecule has 0 aromatic carbocycles. The van der Waals surface area contributed by atoms with Crippen molar-refractivity contribution in [1.29, 1.82) is 0 Å². The van der Waals surface area contributed by atoms with Crippen molar-refractivity contribution in [3.63, 3.8) is 0 Å². The van der Waals surface area contributed by atoms with E-state index in [4.69, 9.17) is 5.11 Å². The maximum Gasteiger partial charge on any atom is 0.0433 e. The van der Waals surface area contributed by atoms with Gasteiger partial charge in [0.25, 0.3) is 0 Å². The molecule has 0 saturated carbocycles. The Morgan fingerprint density at radius 2 is 2.23 bits per heavy atom. The van der Waals surface area contributed by atoms with Gasteiger partial charge in [0.2, 0.25) is 0 Å². The number of hydrogen-bond acceptors (Lipinski definition) is 2. The van der Waals surface area contributed by atoms with Crippen LogP contribution in [0, 0.1) is 11.8 Å². The Kier molecular flexibility index (Phi) is 3.79. The zero-order valence-electron chi connectivity index (χ0n) is 8.74. The molecule has 0 aliphatic carbocycles. The molecule has 0 aromatic heterocycles. The third-order valence-corrected chi connectivity index (χ3v) is 3.52. The summed E-state index contributed by atoms with van der Waals surface area (Å²) in [5, 5.41) is 8.91. The molecule has 1 aliphatic rings. The molecule has 3 unspecified atom stereocenters. The van der Waals surface area contributed by atoms with Crippen LogP contribution in [0.3, 0.4) is 0 Å². The molecule has 0 bridgehead atoms. The summed E-state index contributed by atoms with van der Waals surface area (Å²) >= 11 is 0. The molecule has 1 N–H and O–H groups in total. The van der Waals surface area contributed by atoms with Gasteiger partial charge in [0.15, 0.2) is 0 Å². The van der Waals surface area contributed by atoms with Crippen molar-refractivity contribution in [1.82, 2.24) is 4.90 Å². The molecule has 1 rings (SSSR count). The summed E-state index contributed by atoms with van der Waals surface area (Å²) in [5.41, 5.74) is 0. The van der Waals surface area contributed by atoms with Gasteiger partial charge in [-0.2, -0.15) is 0 Å². The quantitative estimate of drug-likeness (QED) is 0.722. The number of piperidine rings is 1. The van der Waals surface area contributed by atoms with E-state index in [1.807, 2.05) is 6.20 Å². The van der Waals surface area contributed by atoms with Crippen LogP contribution in [0.1, 0.15) is 26.7 Å². The van der Waals surface area contributed by atoms with E-state index in [1.54, 1.807) is 0 Å². The Morgan fingerprint density at radius 1 is 1.54 bits per heavy atom. The van der Waals surface area contributed by atoms with Crippen molar-refractivity contribution in [2.24, 2.45) is 11.8 Å². The molecule has 1 heterocycles. The molecule has 2 heteroatoms. The SMILES string of the molecule is C=CN1CCC(CCO)C(C)C1C. The van der Waals surface area contributed by atoms with E-state index in [9.17, 15) is 0 Å². The number of aliphatic hydroxyl groups is 1. The predicted octanol–water partition coefficient (Wildman–Crippen LogP) is 1.86. The smallest absolute Gasteiger partial charge is 0.0433 e. The van der Waals surface area contributed by atoms with Crippen LogP contribution in [0.25, 0.3) is 0 Å². The molecule has 3 atom stereocenters. The minimum atomic E-state index is 0.329. The van der Waals surface area contributed by atoms with Gasteiger partial charge < -0.3 is 10.0 Å². The van der Waals surface area contributed by atoms with E-state index >= 15 is 0 Å². The molecular weight excluding hydrogens is 162 g/mol. The monoisotopic (exact) mass is 183 g/mol. The maximum atomic E-state index is 8.91. The highest BCUT2D eigenvalue weighted by Crippen LogP contribution is 2.30. The lowest BCUT2D eigenvalue weighted by molar-refractivity contribution is 0.0902. The summed E-state index contributed by atoms with van der Waals surface area (Å²) in [6.07, 6.45) is 4.09. The van der Waals surface area contributed by atoms with Crippen LogP contribution in [-0.4, -0.2) is 29.2 Å². The van der Waals surface area contributed by atoms with Gasteiger partial charge in [-0.05, 0) is 37.8 Å². The Hall–Kier alpha value is -0.500. The van der Waals surface area contributed by atoms with Crippen molar-refractivity contribution >= 4 is 0 Å². The van der Waals surface area contributed by atoms with Crippen LogP contribution < -0.4 is 0 Å². The number of nitrogens with zero attached hydrogens (tertiary/aromatic N) is 1. The van der Waals surface area contributed by atoms with Crippen molar-refractivity contribution in [3.05, 3.63) is 12.8 Å². The highest BCUT2D eigenvalue weighted by molar-refractivity contribution is 4.88. The number of aliphatic hydroxyl groups excluding tert-OH is 1. The average molecular weight is 183 g/mol. The van der Waals surface area contributed by atoms with Gasteiger partial charge in [-0.3, -0.25) is 0 Å². The summed E-state index contributed by atoms with van der Waals surface area (Å²) in [6, 6.07) is 0.572. The Morgan fingerprint density at radius 3 is 2.77 bits per heavy atom. The minimum absolute atomic E-state index is 0.329. The van der Waals surface area contributed by atoms with Gasteiger partial charge >= 0.3 is 0 Å².